The number of aryl methyl sites for hydroxylation is 1. The van der Waals surface area contributed by atoms with Crippen molar-refractivity contribution in [2.45, 2.75) is 6.92 Å². The molecule has 2 aromatic carbocycles. The van der Waals surface area contributed by atoms with Crippen molar-refractivity contribution in [3.8, 4) is 0 Å². The summed E-state index contributed by atoms with van der Waals surface area (Å²) in [5.41, 5.74) is 2.97. The summed E-state index contributed by atoms with van der Waals surface area (Å²) >= 11 is 1.37. The number of benzene rings is 2. The number of nitrogens with zero attached hydrogens (tertiary/aromatic N) is 1. The Hall–Kier alpha value is -2.33. The first-order valence-corrected chi connectivity index (χ1v) is 7.44. The van der Waals surface area contributed by atoms with Crippen LogP contribution in [0.5, 0.6) is 0 Å². The molecule has 1 aliphatic rings. The third kappa shape index (κ3) is 3.23. The van der Waals surface area contributed by atoms with E-state index in [-0.39, 0.29) is 5.91 Å². The number of hydrogen-bond donors (Lipinski definition) is 1. The molecule has 0 aromatic heterocycles. The number of aliphatic imine (C=N–C) groups is 1. The van der Waals surface area contributed by atoms with Crippen LogP contribution in [0.2, 0.25) is 0 Å². The van der Waals surface area contributed by atoms with Crippen LogP contribution in [0.3, 0.4) is 0 Å². The topological polar surface area (TPSA) is 41.5 Å². The molecule has 0 saturated carbocycles. The van der Waals surface area contributed by atoms with Crippen LogP contribution < -0.4 is 5.32 Å². The third-order valence-electron chi connectivity index (χ3n) is 3.09. The molecule has 4 heteroatoms. The highest BCUT2D eigenvalue weighted by molar-refractivity contribution is 8.18. The van der Waals surface area contributed by atoms with Gasteiger partial charge in [-0.2, -0.15) is 0 Å². The number of carbonyl (C=O) groups is 1. The molecule has 3 rings (SSSR count). The molecular weight excluding hydrogens is 280 g/mol. The van der Waals surface area contributed by atoms with E-state index >= 15 is 0 Å². The van der Waals surface area contributed by atoms with Crippen molar-refractivity contribution >= 4 is 34.6 Å². The van der Waals surface area contributed by atoms with Crippen molar-refractivity contribution in [2.75, 3.05) is 0 Å². The van der Waals surface area contributed by atoms with Crippen molar-refractivity contribution in [1.29, 1.82) is 0 Å². The van der Waals surface area contributed by atoms with Gasteiger partial charge in [0.1, 0.15) is 0 Å². The Bertz CT molecular complexity index is 735. The van der Waals surface area contributed by atoms with Gasteiger partial charge in [0.05, 0.1) is 10.6 Å². The fourth-order valence-corrected chi connectivity index (χ4v) is 2.81. The van der Waals surface area contributed by atoms with E-state index in [4.69, 9.17) is 0 Å². The summed E-state index contributed by atoms with van der Waals surface area (Å²) in [6.07, 6.45) is 1.88. The van der Waals surface area contributed by atoms with Crippen LogP contribution in [-0.4, -0.2) is 11.1 Å². The average molecular weight is 294 g/mol. The summed E-state index contributed by atoms with van der Waals surface area (Å²) in [4.78, 5) is 17.2. The largest absolute Gasteiger partial charge is 0.300 e. The summed E-state index contributed by atoms with van der Waals surface area (Å²) in [6.45, 7) is 2.00. The fraction of sp³-hybridized carbons (Fsp3) is 0.0588. The maximum atomic E-state index is 12.0. The molecular formula is C17H14N2OS. The summed E-state index contributed by atoms with van der Waals surface area (Å²) in [6, 6.07) is 17.6. The van der Waals surface area contributed by atoms with Crippen LogP contribution in [0.25, 0.3) is 6.08 Å². The molecule has 0 bridgehead atoms. The molecule has 0 unspecified atom stereocenters. The quantitative estimate of drug-likeness (QED) is 0.854. The van der Waals surface area contributed by atoms with Crippen LogP contribution in [0.1, 0.15) is 11.1 Å². The summed E-state index contributed by atoms with van der Waals surface area (Å²) < 4.78 is 0. The number of amides is 1. The second kappa shape index (κ2) is 5.97. The monoisotopic (exact) mass is 294 g/mol. The number of para-hydroxylation sites is 1. The van der Waals surface area contributed by atoms with Gasteiger partial charge in [0.2, 0.25) is 0 Å². The Kier molecular flexibility index (Phi) is 3.88. The molecule has 1 fully saturated rings. The van der Waals surface area contributed by atoms with E-state index < -0.39 is 0 Å². The van der Waals surface area contributed by atoms with Crippen LogP contribution in [0.4, 0.5) is 5.69 Å². The van der Waals surface area contributed by atoms with Gasteiger partial charge < -0.3 is 5.32 Å². The highest BCUT2D eigenvalue weighted by Crippen LogP contribution is 2.28. The first kappa shape index (κ1) is 13.6. The molecule has 0 radical (unpaired) electrons. The lowest BCUT2D eigenvalue weighted by Gasteiger charge is -1.99. The molecule has 3 nitrogen and oxygen atoms in total. The molecule has 0 spiro atoms. The van der Waals surface area contributed by atoms with Crippen molar-refractivity contribution in [1.82, 2.24) is 5.32 Å². The molecule has 1 aliphatic heterocycles. The van der Waals surface area contributed by atoms with Crippen LogP contribution >= 0.6 is 11.8 Å². The standard InChI is InChI=1S/C17H14N2OS/c1-12-7-5-6-10-14(12)18-17-19-16(20)15(21-17)11-13-8-3-2-4-9-13/h2-11H,1H3,(H,18,19,20). The minimum absolute atomic E-state index is 0.101. The normalized spacial score (nSPS) is 18.2. The first-order chi connectivity index (χ1) is 10.2. The summed E-state index contributed by atoms with van der Waals surface area (Å²) in [5, 5.41) is 3.43. The Labute approximate surface area is 127 Å². The number of carbonyl (C=O) groups excluding carboxylic acids is 1. The highest BCUT2D eigenvalue weighted by Gasteiger charge is 2.23. The van der Waals surface area contributed by atoms with Gasteiger partial charge in [-0.25, -0.2) is 4.99 Å². The van der Waals surface area contributed by atoms with Gasteiger partial charge in [-0.05, 0) is 42.0 Å². The van der Waals surface area contributed by atoms with Crippen molar-refractivity contribution in [3.05, 3.63) is 70.6 Å². The second-order valence-electron chi connectivity index (χ2n) is 4.68. The molecule has 0 atom stereocenters. The predicted octanol–water partition coefficient (Wildman–Crippen LogP) is 3.89. The first-order valence-electron chi connectivity index (χ1n) is 6.62. The smallest absolute Gasteiger partial charge is 0.264 e. The van der Waals surface area contributed by atoms with E-state index in [0.29, 0.717) is 10.1 Å². The summed E-state index contributed by atoms with van der Waals surface area (Å²) in [5.74, 6) is -0.101. The Morgan fingerprint density at radius 1 is 1.05 bits per heavy atom. The summed E-state index contributed by atoms with van der Waals surface area (Å²) in [7, 11) is 0. The van der Waals surface area contributed by atoms with E-state index in [0.717, 1.165) is 16.8 Å². The van der Waals surface area contributed by atoms with E-state index in [1.807, 2.05) is 67.6 Å². The van der Waals surface area contributed by atoms with Crippen molar-refractivity contribution < 1.29 is 4.79 Å². The molecule has 0 aliphatic carbocycles. The molecule has 2 aromatic rings. The van der Waals surface area contributed by atoms with Gasteiger partial charge in [-0.1, -0.05) is 48.5 Å². The number of rotatable bonds is 2. The maximum absolute atomic E-state index is 12.0. The molecule has 1 heterocycles. The minimum atomic E-state index is -0.101. The zero-order chi connectivity index (χ0) is 14.7. The molecule has 1 amide bonds. The lowest BCUT2D eigenvalue weighted by atomic mass is 10.2. The fourth-order valence-electron chi connectivity index (χ4n) is 1.98. The lowest BCUT2D eigenvalue weighted by molar-refractivity contribution is -0.115. The Morgan fingerprint density at radius 2 is 1.76 bits per heavy atom. The second-order valence-corrected chi connectivity index (χ2v) is 5.71. The SMILES string of the molecule is Cc1ccccc1N=C1NC(=O)C(=Cc2ccccc2)S1. The Balaban J connectivity index is 1.85. The lowest BCUT2D eigenvalue weighted by Crippen LogP contribution is -2.19. The van der Waals surface area contributed by atoms with Gasteiger partial charge in [0, 0.05) is 0 Å². The van der Waals surface area contributed by atoms with E-state index in [2.05, 4.69) is 10.3 Å². The predicted molar refractivity (Wildman–Crippen MR) is 88.4 cm³/mol. The minimum Gasteiger partial charge on any atom is -0.300 e. The van der Waals surface area contributed by atoms with Crippen molar-refractivity contribution in [2.24, 2.45) is 4.99 Å². The average Bonchev–Trinajstić information content (AvgIpc) is 2.82. The van der Waals surface area contributed by atoms with Crippen LogP contribution in [0, 0.1) is 6.92 Å². The molecule has 21 heavy (non-hydrogen) atoms. The molecule has 1 N–H and O–H groups in total. The number of hydrogen-bond acceptors (Lipinski definition) is 3. The van der Waals surface area contributed by atoms with E-state index in [1.54, 1.807) is 0 Å². The number of nitrogens with one attached hydrogen (secondary N) is 1. The van der Waals surface area contributed by atoms with Gasteiger partial charge in [0.25, 0.3) is 5.91 Å². The van der Waals surface area contributed by atoms with Gasteiger partial charge in [-0.3, -0.25) is 4.79 Å². The third-order valence-corrected chi connectivity index (χ3v) is 4.00. The zero-order valence-corrected chi connectivity index (χ0v) is 12.4. The Morgan fingerprint density at radius 3 is 2.52 bits per heavy atom. The van der Waals surface area contributed by atoms with Crippen molar-refractivity contribution in [3.63, 3.8) is 0 Å². The highest BCUT2D eigenvalue weighted by atomic mass is 32.2. The van der Waals surface area contributed by atoms with Crippen LogP contribution in [-0.2, 0) is 4.79 Å². The number of amidine groups is 1. The molecule has 104 valence electrons. The van der Waals surface area contributed by atoms with Gasteiger partial charge in [-0.15, -0.1) is 0 Å². The zero-order valence-electron chi connectivity index (χ0n) is 11.5. The molecule has 1 saturated heterocycles. The van der Waals surface area contributed by atoms with E-state index in [9.17, 15) is 4.79 Å². The van der Waals surface area contributed by atoms with Crippen LogP contribution in [0.15, 0.2) is 64.5 Å². The number of thioether (sulfide) groups is 1. The van der Waals surface area contributed by atoms with Gasteiger partial charge >= 0.3 is 0 Å². The van der Waals surface area contributed by atoms with Gasteiger partial charge in [0.15, 0.2) is 5.17 Å². The van der Waals surface area contributed by atoms with E-state index in [1.165, 1.54) is 11.8 Å². The maximum Gasteiger partial charge on any atom is 0.264 e.